The van der Waals surface area contributed by atoms with Crippen LogP contribution < -0.4 is 10.8 Å². The molecule has 0 spiro atoms. The predicted molar refractivity (Wildman–Crippen MR) is 46.8 cm³/mol. The van der Waals surface area contributed by atoms with E-state index in [1.807, 2.05) is 0 Å². The minimum Gasteiger partial charge on any atom is -0.478 e. The normalized spacial score (nSPS) is 12.7. The van der Waals surface area contributed by atoms with Crippen LogP contribution >= 0.6 is 0 Å². The molecule has 0 saturated heterocycles. The molecule has 3 heteroatoms. The second kappa shape index (κ2) is 3.03. The molecule has 1 aromatic heterocycles. The van der Waals surface area contributed by atoms with Crippen LogP contribution in [-0.4, -0.2) is 19.0 Å². The van der Waals surface area contributed by atoms with Gasteiger partial charge >= 0.3 is 0 Å². The Kier molecular flexibility index (Phi) is 2.30. The maximum atomic E-state index is 5.51. The maximum absolute atomic E-state index is 5.51. The van der Waals surface area contributed by atoms with E-state index < -0.39 is 0 Å². The Morgan fingerprint density at radius 1 is 1.11 bits per heavy atom. The minimum absolute atomic E-state index is 0.0417. The summed E-state index contributed by atoms with van der Waals surface area (Å²) in [5.74, 6) is 0. The van der Waals surface area contributed by atoms with E-state index in [0.29, 0.717) is 0 Å². The molecule has 0 amide bonds. The summed E-state index contributed by atoms with van der Waals surface area (Å²) in [4.78, 5) is 0. The molecule has 0 aliphatic rings. The molecule has 0 aliphatic heterocycles. The molecule has 1 rings (SSSR count). The number of furan rings is 1. The Balaban J connectivity index is 2.74. The van der Waals surface area contributed by atoms with Crippen LogP contribution in [0, 0.1) is 0 Å². The fourth-order valence-corrected chi connectivity index (χ4v) is 2.37. The Hall–Kier alpha value is -0.286. The zero-order valence-electron chi connectivity index (χ0n) is 5.98. The lowest BCUT2D eigenvalue weighted by Crippen LogP contribution is -2.11. The Morgan fingerprint density at radius 3 is 1.78 bits per heavy atom. The van der Waals surface area contributed by atoms with E-state index in [9.17, 15) is 0 Å². The van der Waals surface area contributed by atoms with Crippen LogP contribution in [0.2, 0.25) is 13.1 Å². The van der Waals surface area contributed by atoms with E-state index in [1.54, 1.807) is 0 Å². The summed E-state index contributed by atoms with van der Waals surface area (Å²) in [5, 5.41) is 2.53. The highest BCUT2D eigenvalue weighted by Crippen LogP contribution is 1.78. The van der Waals surface area contributed by atoms with Crippen LogP contribution in [0.3, 0.4) is 0 Å². The molecular weight excluding hydrogens is 144 g/mol. The van der Waals surface area contributed by atoms with Gasteiger partial charge < -0.3 is 4.42 Å². The third kappa shape index (κ3) is 1.56. The van der Waals surface area contributed by atoms with Gasteiger partial charge in [0.25, 0.3) is 0 Å². The first-order valence-electron chi connectivity index (χ1n) is 3.44. The Labute approximate surface area is 60.1 Å². The fourth-order valence-electron chi connectivity index (χ4n) is 0.802. The minimum atomic E-state index is -0.0417. The van der Waals surface area contributed by atoms with Crippen molar-refractivity contribution in [2.45, 2.75) is 13.1 Å². The van der Waals surface area contributed by atoms with Crippen molar-refractivity contribution in [2.24, 2.45) is 0 Å². The van der Waals surface area contributed by atoms with Crippen molar-refractivity contribution in [3.05, 3.63) is 12.1 Å². The fraction of sp³-hybridized carbons (Fsp3) is 0.333. The molecule has 0 atom stereocenters. The summed E-state index contributed by atoms with van der Waals surface area (Å²) < 4.78 is 5.51. The van der Waals surface area contributed by atoms with Crippen molar-refractivity contribution in [1.82, 2.24) is 0 Å². The van der Waals surface area contributed by atoms with E-state index in [0.717, 1.165) is 0 Å². The van der Waals surface area contributed by atoms with Crippen molar-refractivity contribution in [1.29, 1.82) is 0 Å². The zero-order valence-corrected chi connectivity index (χ0v) is 8.81. The van der Waals surface area contributed by atoms with Gasteiger partial charge in [-0.15, -0.1) is 0 Å². The van der Waals surface area contributed by atoms with E-state index in [2.05, 4.69) is 25.2 Å². The lowest BCUT2D eigenvalue weighted by molar-refractivity contribution is 0.636. The highest BCUT2D eigenvalue weighted by molar-refractivity contribution is 6.53. The molecular formula is C6H12OSi2. The lowest BCUT2D eigenvalue weighted by atomic mass is 10.7. The summed E-state index contributed by atoms with van der Waals surface area (Å²) in [5.41, 5.74) is 0. The highest BCUT2D eigenvalue weighted by Gasteiger charge is 1.95. The van der Waals surface area contributed by atoms with Gasteiger partial charge in [-0.3, -0.25) is 0 Å². The smallest absolute Gasteiger partial charge is 0.0972 e. The third-order valence-corrected chi connectivity index (χ3v) is 3.57. The molecule has 1 nitrogen and oxygen atoms in total. The lowest BCUT2D eigenvalue weighted by Gasteiger charge is -1.86. The summed E-state index contributed by atoms with van der Waals surface area (Å²) in [6, 6.07) is 4.27. The second-order valence-electron chi connectivity index (χ2n) is 2.08. The topological polar surface area (TPSA) is 13.1 Å². The van der Waals surface area contributed by atoms with Crippen LogP contribution in [0.25, 0.3) is 0 Å². The molecule has 0 saturated carbocycles. The molecule has 1 aromatic rings. The monoisotopic (exact) mass is 156 g/mol. The number of rotatable bonds is 2. The largest absolute Gasteiger partial charge is 0.478 e. The average Bonchev–Trinajstić information content (AvgIpc) is 2.34. The second-order valence-corrected chi connectivity index (χ2v) is 4.88. The Morgan fingerprint density at radius 2 is 1.56 bits per heavy atom. The number of hydrogen-bond acceptors (Lipinski definition) is 1. The van der Waals surface area contributed by atoms with Crippen LogP contribution in [-0.2, 0) is 0 Å². The molecule has 1 heterocycles. The molecule has 0 bridgehead atoms. The maximum Gasteiger partial charge on any atom is 0.0972 e. The van der Waals surface area contributed by atoms with Crippen LogP contribution in [0.4, 0.5) is 0 Å². The molecule has 9 heavy (non-hydrogen) atoms. The van der Waals surface area contributed by atoms with Crippen molar-refractivity contribution in [3.63, 3.8) is 0 Å². The first-order chi connectivity index (χ1) is 4.36. The van der Waals surface area contributed by atoms with Gasteiger partial charge in [0.05, 0.1) is 29.8 Å². The molecule has 0 radical (unpaired) electrons. The highest BCUT2D eigenvalue weighted by atomic mass is 28.2. The van der Waals surface area contributed by atoms with Gasteiger partial charge in [-0.05, 0) is 12.1 Å². The van der Waals surface area contributed by atoms with Gasteiger partial charge in [-0.25, -0.2) is 0 Å². The van der Waals surface area contributed by atoms with Crippen LogP contribution in [0.15, 0.2) is 16.5 Å². The van der Waals surface area contributed by atoms with Gasteiger partial charge in [-0.1, -0.05) is 13.1 Å². The average molecular weight is 156 g/mol. The van der Waals surface area contributed by atoms with Gasteiger partial charge in [0.1, 0.15) is 0 Å². The van der Waals surface area contributed by atoms with Crippen molar-refractivity contribution < 1.29 is 4.42 Å². The van der Waals surface area contributed by atoms with E-state index >= 15 is 0 Å². The van der Waals surface area contributed by atoms with E-state index in [1.165, 1.54) is 10.8 Å². The predicted octanol–water partition coefficient (Wildman–Crippen LogP) is -1.04. The van der Waals surface area contributed by atoms with Gasteiger partial charge in [0.2, 0.25) is 0 Å². The quantitative estimate of drug-likeness (QED) is 0.499. The summed E-state index contributed by atoms with van der Waals surface area (Å²) >= 11 is 0. The summed E-state index contributed by atoms with van der Waals surface area (Å²) in [6.07, 6.45) is 0. The Bertz CT molecular complexity index is 164. The molecule has 50 valence electrons. The zero-order chi connectivity index (χ0) is 6.69. The standard InChI is InChI=1S/C6H12OSi2/c1-8-5-3-4-6(7-5)9-2/h3-4H,8-9H2,1-2H3. The SMILES string of the molecule is C[SiH2]c1ccc([SiH2]C)o1. The third-order valence-electron chi connectivity index (χ3n) is 1.41. The summed E-state index contributed by atoms with van der Waals surface area (Å²) in [6.45, 7) is 4.50. The molecule has 0 N–H and O–H groups in total. The molecule has 0 aromatic carbocycles. The first kappa shape index (κ1) is 6.83. The molecule has 0 unspecified atom stereocenters. The summed E-state index contributed by atoms with van der Waals surface area (Å²) in [7, 11) is -0.0833. The van der Waals surface area contributed by atoms with Crippen LogP contribution in [0.5, 0.6) is 0 Å². The van der Waals surface area contributed by atoms with Crippen LogP contribution in [0.1, 0.15) is 0 Å². The number of hydrogen-bond donors (Lipinski definition) is 0. The van der Waals surface area contributed by atoms with Gasteiger partial charge in [0, 0.05) is 0 Å². The van der Waals surface area contributed by atoms with Crippen molar-refractivity contribution in [2.75, 3.05) is 0 Å². The van der Waals surface area contributed by atoms with Gasteiger partial charge in [-0.2, -0.15) is 0 Å². The van der Waals surface area contributed by atoms with Gasteiger partial charge in [0.15, 0.2) is 0 Å². The molecule has 0 aliphatic carbocycles. The first-order valence-corrected chi connectivity index (χ1v) is 7.68. The van der Waals surface area contributed by atoms with E-state index in [-0.39, 0.29) is 19.0 Å². The van der Waals surface area contributed by atoms with E-state index in [4.69, 9.17) is 4.42 Å². The van der Waals surface area contributed by atoms with Crippen molar-refractivity contribution >= 4 is 29.8 Å². The molecule has 0 fully saturated rings. The van der Waals surface area contributed by atoms with Crippen molar-refractivity contribution in [3.8, 4) is 0 Å².